The topological polar surface area (TPSA) is 104 Å². The number of ketones is 2. The average molecular weight is 397 g/mol. The molecule has 6 nitrogen and oxygen atoms in total. The molecule has 28 heavy (non-hydrogen) atoms. The molecule has 0 aromatic carbocycles. The molecule has 2 saturated carbocycles. The molecule has 2 rings (SSSR count). The number of carbonyl (C=O) groups excluding carboxylic acids is 2. The molecule has 0 radical (unpaired) electrons. The molecule has 0 heterocycles. The molecule has 160 valence electrons. The lowest BCUT2D eigenvalue weighted by Gasteiger charge is -2.64. The SMILES string of the molecule is CCC(C)C1C(C)(O)C(=O)C2(O)CC(C)(O)CC(C)C2C1(C)C(=O)C=COC. The minimum atomic E-state index is -1.99. The first-order valence-electron chi connectivity index (χ1n) is 10.2. The van der Waals surface area contributed by atoms with Crippen molar-refractivity contribution >= 4 is 11.6 Å². The van der Waals surface area contributed by atoms with Gasteiger partial charge in [0, 0.05) is 29.7 Å². The second-order valence-corrected chi connectivity index (χ2v) is 9.78. The smallest absolute Gasteiger partial charge is 0.196 e. The molecule has 3 N–H and O–H groups in total. The van der Waals surface area contributed by atoms with Gasteiger partial charge in [-0.25, -0.2) is 0 Å². The summed E-state index contributed by atoms with van der Waals surface area (Å²) in [5, 5.41) is 33.7. The average Bonchev–Trinajstić information content (AvgIpc) is 2.55. The summed E-state index contributed by atoms with van der Waals surface area (Å²) < 4.78 is 4.93. The Morgan fingerprint density at radius 1 is 1.29 bits per heavy atom. The number of carbonyl (C=O) groups is 2. The third-order valence-electron chi connectivity index (χ3n) is 7.35. The van der Waals surface area contributed by atoms with Crippen LogP contribution in [0.4, 0.5) is 0 Å². The maximum atomic E-state index is 13.4. The van der Waals surface area contributed by atoms with Gasteiger partial charge in [0.1, 0.15) is 11.2 Å². The molecule has 0 bridgehead atoms. The molecule has 0 aromatic heterocycles. The minimum Gasteiger partial charge on any atom is -0.504 e. The van der Waals surface area contributed by atoms with Crippen molar-refractivity contribution in [2.24, 2.45) is 29.1 Å². The van der Waals surface area contributed by atoms with E-state index >= 15 is 0 Å². The molecule has 0 amide bonds. The van der Waals surface area contributed by atoms with Crippen LogP contribution in [0.5, 0.6) is 0 Å². The molecular weight excluding hydrogens is 360 g/mol. The standard InChI is InChI=1S/C22H36O6/c1-8-13(2)16-20(5,15(23)9-10-28-7)17-14(3)11-19(4,25)12-22(17,27)18(24)21(16,6)26/h9-10,13-14,16-17,25-27H,8,11-12H2,1-7H3. The maximum Gasteiger partial charge on any atom is 0.196 e. The highest BCUT2D eigenvalue weighted by molar-refractivity contribution is 6.02. The van der Waals surface area contributed by atoms with Gasteiger partial charge in [-0.2, -0.15) is 0 Å². The van der Waals surface area contributed by atoms with Gasteiger partial charge in [0.05, 0.1) is 19.0 Å². The van der Waals surface area contributed by atoms with Gasteiger partial charge in [-0.3, -0.25) is 9.59 Å². The molecule has 0 saturated heterocycles. The highest BCUT2D eigenvalue weighted by atomic mass is 16.5. The lowest BCUT2D eigenvalue weighted by Crippen LogP contribution is -2.76. The maximum absolute atomic E-state index is 13.4. The molecule has 0 spiro atoms. The van der Waals surface area contributed by atoms with Gasteiger partial charge in [-0.1, -0.05) is 34.1 Å². The van der Waals surface area contributed by atoms with E-state index in [1.807, 2.05) is 20.8 Å². The summed E-state index contributed by atoms with van der Waals surface area (Å²) in [6, 6.07) is 0. The number of fused-ring (bicyclic) bond motifs is 1. The lowest BCUT2D eigenvalue weighted by atomic mass is 9.41. The summed E-state index contributed by atoms with van der Waals surface area (Å²) in [4.78, 5) is 26.9. The predicted octanol–water partition coefficient (Wildman–Crippen LogP) is 2.25. The third kappa shape index (κ3) is 3.23. The van der Waals surface area contributed by atoms with Gasteiger partial charge < -0.3 is 20.1 Å². The van der Waals surface area contributed by atoms with Crippen molar-refractivity contribution in [3.8, 4) is 0 Å². The van der Waals surface area contributed by atoms with Crippen LogP contribution in [0.15, 0.2) is 12.3 Å². The number of methoxy groups -OCH3 is 1. The van der Waals surface area contributed by atoms with E-state index in [9.17, 15) is 24.9 Å². The number of hydrogen-bond donors (Lipinski definition) is 3. The van der Waals surface area contributed by atoms with Crippen LogP contribution in [0.3, 0.4) is 0 Å². The van der Waals surface area contributed by atoms with E-state index in [2.05, 4.69) is 0 Å². The highest BCUT2D eigenvalue weighted by Crippen LogP contribution is 2.62. The minimum absolute atomic E-state index is 0.136. The van der Waals surface area contributed by atoms with Crippen molar-refractivity contribution in [1.29, 1.82) is 0 Å². The molecule has 8 atom stereocenters. The zero-order chi connectivity index (χ0) is 21.7. The Balaban J connectivity index is 2.79. The van der Waals surface area contributed by atoms with Gasteiger partial charge in [0.15, 0.2) is 11.6 Å². The molecule has 2 aliphatic rings. The first-order chi connectivity index (χ1) is 12.7. The molecule has 6 heteroatoms. The fraction of sp³-hybridized carbons (Fsp3) is 0.818. The Labute approximate surface area is 168 Å². The zero-order valence-electron chi connectivity index (χ0n) is 18.2. The van der Waals surface area contributed by atoms with Crippen LogP contribution in [-0.4, -0.2) is 50.8 Å². The third-order valence-corrected chi connectivity index (χ3v) is 7.35. The van der Waals surface area contributed by atoms with E-state index < -0.39 is 39.8 Å². The van der Waals surface area contributed by atoms with Crippen LogP contribution in [0, 0.1) is 29.1 Å². The van der Waals surface area contributed by atoms with Crippen molar-refractivity contribution in [3.63, 3.8) is 0 Å². The van der Waals surface area contributed by atoms with Crippen molar-refractivity contribution in [1.82, 2.24) is 0 Å². The summed E-state index contributed by atoms with van der Waals surface area (Å²) in [5.74, 6) is -2.82. The number of allylic oxidation sites excluding steroid dienone is 1. The fourth-order valence-corrected chi connectivity index (χ4v) is 6.71. The zero-order valence-corrected chi connectivity index (χ0v) is 18.2. The quantitative estimate of drug-likeness (QED) is 0.486. The van der Waals surface area contributed by atoms with E-state index in [4.69, 9.17) is 4.74 Å². The first-order valence-corrected chi connectivity index (χ1v) is 10.2. The number of hydrogen-bond acceptors (Lipinski definition) is 6. The van der Waals surface area contributed by atoms with Gasteiger partial charge in [0.2, 0.25) is 0 Å². The van der Waals surface area contributed by atoms with Crippen LogP contribution in [0.1, 0.15) is 60.8 Å². The number of Topliss-reactive ketones (excluding diaryl/α,β-unsaturated/α-hetero) is 1. The summed E-state index contributed by atoms with van der Waals surface area (Å²) in [6.07, 6.45) is 3.44. The normalized spacial score (nSPS) is 47.6. The van der Waals surface area contributed by atoms with Crippen molar-refractivity contribution in [2.45, 2.75) is 77.6 Å². The second-order valence-electron chi connectivity index (χ2n) is 9.78. The molecule has 8 unspecified atom stereocenters. The first kappa shape index (κ1) is 23.0. The van der Waals surface area contributed by atoms with Crippen molar-refractivity contribution in [3.05, 3.63) is 12.3 Å². The summed E-state index contributed by atoms with van der Waals surface area (Å²) >= 11 is 0. The Kier molecular flexibility index (Phi) is 5.94. The van der Waals surface area contributed by atoms with E-state index in [1.54, 1.807) is 13.8 Å². The molecule has 2 fully saturated rings. The lowest BCUT2D eigenvalue weighted by molar-refractivity contribution is -0.244. The molecule has 0 aromatic rings. The Morgan fingerprint density at radius 2 is 1.86 bits per heavy atom. The monoisotopic (exact) mass is 396 g/mol. The molecule has 2 aliphatic carbocycles. The van der Waals surface area contributed by atoms with Crippen LogP contribution >= 0.6 is 0 Å². The van der Waals surface area contributed by atoms with Crippen LogP contribution in [-0.2, 0) is 14.3 Å². The van der Waals surface area contributed by atoms with Crippen LogP contribution < -0.4 is 0 Å². The fourth-order valence-electron chi connectivity index (χ4n) is 6.71. The van der Waals surface area contributed by atoms with Gasteiger partial charge in [-0.05, 0) is 32.1 Å². The molecular formula is C22H36O6. The van der Waals surface area contributed by atoms with Crippen molar-refractivity contribution in [2.75, 3.05) is 7.11 Å². The summed E-state index contributed by atoms with van der Waals surface area (Å²) in [7, 11) is 1.44. The Hall–Kier alpha value is -1.24. The van der Waals surface area contributed by atoms with Crippen LogP contribution in [0.25, 0.3) is 0 Å². The van der Waals surface area contributed by atoms with Crippen LogP contribution in [0.2, 0.25) is 0 Å². The number of aliphatic hydroxyl groups is 3. The van der Waals surface area contributed by atoms with Gasteiger partial charge in [-0.15, -0.1) is 0 Å². The Bertz CT molecular complexity index is 666. The van der Waals surface area contributed by atoms with E-state index in [1.165, 1.54) is 26.4 Å². The van der Waals surface area contributed by atoms with E-state index in [-0.39, 0.29) is 24.0 Å². The summed E-state index contributed by atoms with van der Waals surface area (Å²) in [5.41, 5.74) is -6.35. The predicted molar refractivity (Wildman–Crippen MR) is 105 cm³/mol. The van der Waals surface area contributed by atoms with Crippen molar-refractivity contribution < 1.29 is 29.6 Å². The Morgan fingerprint density at radius 3 is 2.36 bits per heavy atom. The van der Waals surface area contributed by atoms with Gasteiger partial charge in [0.25, 0.3) is 0 Å². The second kappa shape index (κ2) is 7.22. The van der Waals surface area contributed by atoms with E-state index in [0.29, 0.717) is 12.8 Å². The van der Waals surface area contributed by atoms with Gasteiger partial charge >= 0.3 is 0 Å². The van der Waals surface area contributed by atoms with E-state index in [0.717, 1.165) is 0 Å². The summed E-state index contributed by atoms with van der Waals surface area (Å²) in [6.45, 7) is 10.5. The molecule has 0 aliphatic heterocycles. The number of rotatable bonds is 5. The largest absolute Gasteiger partial charge is 0.504 e. The number of ether oxygens (including phenoxy) is 1. The highest BCUT2D eigenvalue weighted by Gasteiger charge is 2.73.